The average Bonchev–Trinajstić information content (AvgIpc) is 2.30. The molecule has 0 fully saturated rings. The van der Waals surface area contributed by atoms with E-state index < -0.39 is 31.7 Å². The standard InChI is InChI=1S/C13H16BrFN2O2S/c1-12(2,7-16)20(18,19)8-13(3,17)10-6-9(14)4-5-11(10)15/h4-6H,8,17H2,1-3H3. The van der Waals surface area contributed by atoms with Crippen LogP contribution < -0.4 is 5.73 Å². The van der Waals surface area contributed by atoms with Gasteiger partial charge in [0.15, 0.2) is 14.6 Å². The van der Waals surface area contributed by atoms with Gasteiger partial charge in [-0.1, -0.05) is 15.9 Å². The van der Waals surface area contributed by atoms with Gasteiger partial charge in [-0.3, -0.25) is 0 Å². The van der Waals surface area contributed by atoms with Crippen molar-refractivity contribution in [3.8, 4) is 6.07 Å². The summed E-state index contributed by atoms with van der Waals surface area (Å²) in [7, 11) is -3.81. The van der Waals surface area contributed by atoms with Crippen LogP contribution in [0.5, 0.6) is 0 Å². The van der Waals surface area contributed by atoms with E-state index in [9.17, 15) is 12.8 Å². The molecule has 1 unspecified atom stereocenters. The van der Waals surface area contributed by atoms with E-state index in [0.717, 1.165) is 0 Å². The molecule has 0 aliphatic rings. The first kappa shape index (κ1) is 17.1. The Morgan fingerprint density at radius 3 is 2.45 bits per heavy atom. The summed E-state index contributed by atoms with van der Waals surface area (Å²) in [4.78, 5) is 0. The lowest BCUT2D eigenvalue weighted by Crippen LogP contribution is -2.46. The molecule has 0 heterocycles. The number of hydrogen-bond acceptors (Lipinski definition) is 4. The van der Waals surface area contributed by atoms with Gasteiger partial charge in [-0.2, -0.15) is 5.26 Å². The van der Waals surface area contributed by atoms with Gasteiger partial charge < -0.3 is 5.73 Å². The van der Waals surface area contributed by atoms with Crippen LogP contribution in [0.3, 0.4) is 0 Å². The zero-order valence-electron chi connectivity index (χ0n) is 11.4. The Morgan fingerprint density at radius 2 is 1.95 bits per heavy atom. The maximum Gasteiger partial charge on any atom is 0.170 e. The van der Waals surface area contributed by atoms with Crippen molar-refractivity contribution in [2.75, 3.05) is 5.75 Å². The number of sulfone groups is 1. The summed E-state index contributed by atoms with van der Waals surface area (Å²) in [6, 6.07) is 5.90. The topological polar surface area (TPSA) is 84.0 Å². The van der Waals surface area contributed by atoms with Crippen molar-refractivity contribution in [3.05, 3.63) is 34.1 Å². The maximum absolute atomic E-state index is 13.9. The highest BCUT2D eigenvalue weighted by molar-refractivity contribution is 9.10. The lowest BCUT2D eigenvalue weighted by molar-refractivity contribution is 0.486. The molecule has 2 N–H and O–H groups in total. The second-order valence-corrected chi connectivity index (χ2v) is 8.88. The largest absolute Gasteiger partial charge is 0.321 e. The van der Waals surface area contributed by atoms with Crippen molar-refractivity contribution in [2.45, 2.75) is 31.1 Å². The van der Waals surface area contributed by atoms with Crippen LogP contribution in [-0.2, 0) is 15.4 Å². The minimum atomic E-state index is -3.81. The van der Waals surface area contributed by atoms with Crippen LogP contribution in [0.4, 0.5) is 4.39 Å². The van der Waals surface area contributed by atoms with Crippen molar-refractivity contribution in [3.63, 3.8) is 0 Å². The monoisotopic (exact) mass is 362 g/mol. The van der Waals surface area contributed by atoms with Crippen LogP contribution >= 0.6 is 15.9 Å². The molecular weight excluding hydrogens is 347 g/mol. The summed E-state index contributed by atoms with van der Waals surface area (Å²) in [5, 5.41) is 8.94. The van der Waals surface area contributed by atoms with E-state index in [1.165, 1.54) is 39.0 Å². The summed E-state index contributed by atoms with van der Waals surface area (Å²) in [5.74, 6) is -1.10. The first-order valence-electron chi connectivity index (χ1n) is 5.81. The molecule has 0 amide bonds. The Balaban J connectivity index is 3.26. The molecular formula is C13H16BrFN2O2S. The molecule has 0 aliphatic heterocycles. The molecule has 0 saturated heterocycles. The van der Waals surface area contributed by atoms with Crippen molar-refractivity contribution in [1.82, 2.24) is 0 Å². The highest BCUT2D eigenvalue weighted by Gasteiger charge is 2.40. The van der Waals surface area contributed by atoms with Gasteiger partial charge in [0.05, 0.1) is 17.4 Å². The summed E-state index contributed by atoms with van der Waals surface area (Å²) >= 11 is 3.20. The number of halogens is 2. The lowest BCUT2D eigenvalue weighted by Gasteiger charge is -2.28. The molecule has 1 atom stereocenters. The lowest BCUT2D eigenvalue weighted by atomic mass is 9.95. The fraction of sp³-hybridized carbons (Fsp3) is 0.462. The van der Waals surface area contributed by atoms with E-state index in [0.29, 0.717) is 4.47 Å². The maximum atomic E-state index is 13.9. The van der Waals surface area contributed by atoms with Crippen LogP contribution in [-0.4, -0.2) is 18.9 Å². The quantitative estimate of drug-likeness (QED) is 0.891. The average molecular weight is 363 g/mol. The van der Waals surface area contributed by atoms with Gasteiger partial charge in [0.1, 0.15) is 5.82 Å². The molecule has 0 radical (unpaired) electrons. The minimum Gasteiger partial charge on any atom is -0.321 e. The molecule has 110 valence electrons. The predicted octanol–water partition coefficient (Wildman–Crippen LogP) is 2.48. The number of hydrogen-bond donors (Lipinski definition) is 1. The first-order valence-corrected chi connectivity index (χ1v) is 8.25. The van der Waals surface area contributed by atoms with Crippen LogP contribution in [0, 0.1) is 17.1 Å². The third kappa shape index (κ3) is 3.37. The second-order valence-electron chi connectivity index (χ2n) is 5.42. The van der Waals surface area contributed by atoms with E-state index >= 15 is 0 Å². The summed E-state index contributed by atoms with van der Waals surface area (Å²) in [5.41, 5.74) is 4.65. The molecule has 0 saturated carbocycles. The smallest absolute Gasteiger partial charge is 0.170 e. The van der Waals surface area contributed by atoms with Gasteiger partial charge in [0.2, 0.25) is 0 Å². The fourth-order valence-corrected chi connectivity index (χ4v) is 3.46. The van der Waals surface area contributed by atoms with E-state index in [1.54, 1.807) is 6.07 Å². The highest BCUT2D eigenvalue weighted by atomic mass is 79.9. The molecule has 0 aliphatic carbocycles. The van der Waals surface area contributed by atoms with Crippen molar-refractivity contribution in [1.29, 1.82) is 5.26 Å². The molecule has 4 nitrogen and oxygen atoms in total. The van der Waals surface area contributed by atoms with Gasteiger partial charge >= 0.3 is 0 Å². The second kappa shape index (κ2) is 5.43. The number of nitrogens with two attached hydrogens (primary N) is 1. The van der Waals surface area contributed by atoms with Crippen molar-refractivity contribution < 1.29 is 12.8 Å². The number of rotatable bonds is 4. The SMILES string of the molecule is CC(N)(CS(=O)(=O)C(C)(C)C#N)c1cc(Br)ccc1F. The summed E-state index contributed by atoms with van der Waals surface area (Å²) < 4.78 is 37.3. The first-order chi connectivity index (χ1) is 8.93. The molecule has 1 aromatic carbocycles. The normalized spacial score (nSPS) is 15.4. The third-order valence-electron chi connectivity index (χ3n) is 3.08. The zero-order chi connectivity index (χ0) is 15.8. The Labute approximate surface area is 126 Å². The molecule has 0 bridgehead atoms. The van der Waals surface area contributed by atoms with Crippen molar-refractivity contribution in [2.24, 2.45) is 5.73 Å². The Morgan fingerprint density at radius 1 is 1.40 bits per heavy atom. The Bertz CT molecular complexity index is 663. The van der Waals surface area contributed by atoms with Crippen LogP contribution in [0.1, 0.15) is 26.3 Å². The summed E-state index contributed by atoms with van der Waals surface area (Å²) in [6.45, 7) is 4.04. The van der Waals surface area contributed by atoms with E-state index in [4.69, 9.17) is 11.0 Å². The van der Waals surface area contributed by atoms with Gasteiger partial charge in [-0.05, 0) is 39.0 Å². The Hall–Kier alpha value is -0.970. The van der Waals surface area contributed by atoms with Crippen LogP contribution in [0.25, 0.3) is 0 Å². The van der Waals surface area contributed by atoms with E-state index in [-0.39, 0.29) is 5.56 Å². The van der Waals surface area contributed by atoms with Gasteiger partial charge in [-0.15, -0.1) is 0 Å². The third-order valence-corrected chi connectivity index (χ3v) is 6.20. The minimum absolute atomic E-state index is 0.0872. The van der Waals surface area contributed by atoms with Crippen LogP contribution in [0.2, 0.25) is 0 Å². The molecule has 1 aromatic rings. The predicted molar refractivity (Wildman–Crippen MR) is 79.1 cm³/mol. The highest BCUT2D eigenvalue weighted by Crippen LogP contribution is 2.29. The van der Waals surface area contributed by atoms with Gasteiger partial charge in [-0.25, -0.2) is 12.8 Å². The van der Waals surface area contributed by atoms with Crippen molar-refractivity contribution >= 4 is 25.8 Å². The fourth-order valence-electron chi connectivity index (χ4n) is 1.66. The molecule has 0 spiro atoms. The van der Waals surface area contributed by atoms with Gasteiger partial charge in [0.25, 0.3) is 0 Å². The Kier molecular flexibility index (Phi) is 4.64. The number of nitrogens with zero attached hydrogens (tertiary/aromatic N) is 1. The number of benzene rings is 1. The van der Waals surface area contributed by atoms with E-state index in [2.05, 4.69) is 15.9 Å². The molecule has 1 rings (SSSR count). The number of nitriles is 1. The summed E-state index contributed by atoms with van der Waals surface area (Å²) in [6.07, 6.45) is 0. The van der Waals surface area contributed by atoms with Crippen LogP contribution in [0.15, 0.2) is 22.7 Å². The molecule has 20 heavy (non-hydrogen) atoms. The zero-order valence-corrected chi connectivity index (χ0v) is 13.8. The molecule has 0 aromatic heterocycles. The molecule has 7 heteroatoms. The van der Waals surface area contributed by atoms with Gasteiger partial charge in [0, 0.05) is 10.0 Å². The van der Waals surface area contributed by atoms with E-state index in [1.807, 2.05) is 0 Å².